The summed E-state index contributed by atoms with van der Waals surface area (Å²) in [4.78, 5) is 34.6. The quantitative estimate of drug-likeness (QED) is 0.575. The lowest BCUT2D eigenvalue weighted by Gasteiger charge is -2.25. The van der Waals surface area contributed by atoms with Gasteiger partial charge in [-0.3, -0.25) is 9.59 Å². The first-order valence-electron chi connectivity index (χ1n) is 6.23. The molecule has 0 fully saturated rings. The number of aromatic nitrogens is 3. The Morgan fingerprint density at radius 2 is 2.14 bits per heavy atom. The molecule has 0 saturated heterocycles. The van der Waals surface area contributed by atoms with Gasteiger partial charge in [0.2, 0.25) is 5.91 Å². The van der Waals surface area contributed by atoms with Crippen LogP contribution in [0.15, 0.2) is 6.20 Å². The summed E-state index contributed by atoms with van der Waals surface area (Å²) in [6.45, 7) is 3.09. The molecular formula is C11H18N6O4. The van der Waals surface area contributed by atoms with Gasteiger partial charge >= 0.3 is 12.0 Å². The van der Waals surface area contributed by atoms with E-state index in [0.717, 1.165) is 4.68 Å². The topological polar surface area (TPSA) is 143 Å². The van der Waals surface area contributed by atoms with Crippen LogP contribution in [-0.4, -0.2) is 55.5 Å². The van der Waals surface area contributed by atoms with E-state index >= 15 is 0 Å². The van der Waals surface area contributed by atoms with Crippen molar-refractivity contribution in [3.8, 4) is 0 Å². The smallest absolute Gasteiger partial charge is 0.325 e. The van der Waals surface area contributed by atoms with Crippen LogP contribution in [0, 0.1) is 0 Å². The van der Waals surface area contributed by atoms with Crippen molar-refractivity contribution in [2.45, 2.75) is 33.0 Å². The maximum atomic E-state index is 11.9. The average Bonchev–Trinajstić information content (AvgIpc) is 2.79. The minimum atomic E-state index is -1.04. The Kier molecular flexibility index (Phi) is 5.64. The molecule has 10 heteroatoms. The van der Waals surface area contributed by atoms with E-state index < -0.39 is 17.9 Å². The molecule has 0 aliphatic heterocycles. The third-order valence-electron chi connectivity index (χ3n) is 2.51. The monoisotopic (exact) mass is 298 g/mol. The van der Waals surface area contributed by atoms with Crippen LogP contribution in [0.5, 0.6) is 0 Å². The van der Waals surface area contributed by atoms with Crippen molar-refractivity contribution in [2.24, 2.45) is 5.73 Å². The molecular weight excluding hydrogens is 280 g/mol. The molecule has 0 aromatic carbocycles. The van der Waals surface area contributed by atoms with E-state index in [1.807, 2.05) is 0 Å². The highest BCUT2D eigenvalue weighted by molar-refractivity contribution is 5.83. The molecule has 0 aliphatic carbocycles. The molecule has 116 valence electrons. The molecule has 1 aromatic heterocycles. The molecule has 1 rings (SSSR count). The zero-order valence-electron chi connectivity index (χ0n) is 11.8. The summed E-state index contributed by atoms with van der Waals surface area (Å²) in [6.07, 6.45) is 1.42. The second kappa shape index (κ2) is 7.22. The number of hydrogen-bond donors (Lipinski definition) is 3. The first-order valence-corrected chi connectivity index (χ1v) is 6.23. The summed E-state index contributed by atoms with van der Waals surface area (Å²) >= 11 is 0. The van der Waals surface area contributed by atoms with Gasteiger partial charge in [0.1, 0.15) is 18.8 Å². The zero-order chi connectivity index (χ0) is 16.0. The third-order valence-corrected chi connectivity index (χ3v) is 2.51. The molecule has 0 saturated carbocycles. The molecule has 0 bridgehead atoms. The van der Waals surface area contributed by atoms with Gasteiger partial charge in [-0.25, -0.2) is 9.48 Å². The summed E-state index contributed by atoms with van der Waals surface area (Å²) in [7, 11) is 0. The average molecular weight is 298 g/mol. The summed E-state index contributed by atoms with van der Waals surface area (Å²) < 4.78 is 1.15. The maximum Gasteiger partial charge on any atom is 0.325 e. The summed E-state index contributed by atoms with van der Waals surface area (Å²) in [6, 6.07) is -0.656. The number of nitrogens with one attached hydrogen (secondary N) is 1. The molecule has 0 aliphatic rings. The van der Waals surface area contributed by atoms with Crippen LogP contribution in [0.3, 0.4) is 0 Å². The van der Waals surface area contributed by atoms with Gasteiger partial charge in [0.15, 0.2) is 0 Å². The van der Waals surface area contributed by atoms with Gasteiger partial charge in [0, 0.05) is 6.04 Å². The molecule has 21 heavy (non-hydrogen) atoms. The lowest BCUT2D eigenvalue weighted by Crippen LogP contribution is -2.47. The van der Waals surface area contributed by atoms with Crippen LogP contribution < -0.4 is 11.1 Å². The first-order chi connectivity index (χ1) is 9.79. The van der Waals surface area contributed by atoms with Crippen LogP contribution in [0.2, 0.25) is 0 Å². The van der Waals surface area contributed by atoms with Gasteiger partial charge in [-0.1, -0.05) is 5.21 Å². The predicted octanol–water partition coefficient (Wildman–Crippen LogP) is -1.23. The second-order valence-electron chi connectivity index (χ2n) is 4.65. The van der Waals surface area contributed by atoms with Crippen molar-refractivity contribution in [3.05, 3.63) is 11.9 Å². The zero-order valence-corrected chi connectivity index (χ0v) is 11.8. The van der Waals surface area contributed by atoms with E-state index in [1.54, 1.807) is 13.8 Å². The number of amides is 3. The van der Waals surface area contributed by atoms with Crippen molar-refractivity contribution in [1.29, 1.82) is 0 Å². The van der Waals surface area contributed by atoms with Crippen molar-refractivity contribution < 1.29 is 19.5 Å². The molecule has 3 amide bonds. The van der Waals surface area contributed by atoms with Gasteiger partial charge in [-0.15, -0.1) is 5.10 Å². The van der Waals surface area contributed by atoms with E-state index in [-0.39, 0.29) is 25.7 Å². The fourth-order valence-corrected chi connectivity index (χ4v) is 1.56. The largest absolute Gasteiger partial charge is 0.480 e. The summed E-state index contributed by atoms with van der Waals surface area (Å²) in [5.41, 5.74) is 5.49. The minimum Gasteiger partial charge on any atom is -0.480 e. The number of primary amides is 1. The third kappa shape index (κ3) is 5.47. The number of rotatable bonds is 7. The van der Waals surface area contributed by atoms with Crippen molar-refractivity contribution in [2.75, 3.05) is 6.54 Å². The lowest BCUT2D eigenvalue weighted by atomic mass is 10.3. The molecule has 4 N–H and O–H groups in total. The molecule has 0 spiro atoms. The van der Waals surface area contributed by atoms with E-state index in [0.29, 0.717) is 5.69 Å². The molecule has 0 radical (unpaired) electrons. The van der Waals surface area contributed by atoms with E-state index in [2.05, 4.69) is 15.6 Å². The molecule has 0 atom stereocenters. The molecule has 10 nitrogen and oxygen atoms in total. The van der Waals surface area contributed by atoms with Gasteiger partial charge in [-0.2, -0.15) is 0 Å². The van der Waals surface area contributed by atoms with Gasteiger partial charge < -0.3 is 21.1 Å². The summed E-state index contributed by atoms with van der Waals surface area (Å²) in [5.74, 6) is -1.64. The lowest BCUT2D eigenvalue weighted by molar-refractivity contribution is -0.137. The number of hydrogen-bond acceptors (Lipinski definition) is 5. The van der Waals surface area contributed by atoms with Crippen LogP contribution in [0.4, 0.5) is 4.79 Å². The molecule has 0 unspecified atom stereocenters. The summed E-state index contributed by atoms with van der Waals surface area (Å²) in [5, 5.41) is 18.5. The first kappa shape index (κ1) is 16.4. The van der Waals surface area contributed by atoms with E-state index in [4.69, 9.17) is 10.8 Å². The fourth-order valence-electron chi connectivity index (χ4n) is 1.56. The Morgan fingerprint density at radius 1 is 1.48 bits per heavy atom. The number of aliphatic carboxylic acids is 1. The van der Waals surface area contributed by atoms with E-state index in [1.165, 1.54) is 11.1 Å². The number of carbonyl (C=O) groups excluding carboxylic acids is 2. The standard InChI is InChI=1S/C11H18N6O4/c1-7(2)17(5-9(12)18)11(21)13-3-8-4-16(15-14-8)6-10(19)20/h4,7H,3,5-6H2,1-2H3,(H2,12,18)(H,13,21)(H,19,20). The Labute approximate surface area is 120 Å². The molecule has 1 aromatic rings. The highest BCUT2D eigenvalue weighted by atomic mass is 16.4. The predicted molar refractivity (Wildman–Crippen MR) is 70.9 cm³/mol. The molecule has 1 heterocycles. The number of carbonyl (C=O) groups is 3. The van der Waals surface area contributed by atoms with Gasteiger partial charge in [0.25, 0.3) is 0 Å². The number of nitrogens with two attached hydrogens (primary N) is 1. The Balaban J connectivity index is 2.56. The second-order valence-corrected chi connectivity index (χ2v) is 4.65. The van der Waals surface area contributed by atoms with Crippen LogP contribution >= 0.6 is 0 Å². The van der Waals surface area contributed by atoms with Crippen molar-refractivity contribution >= 4 is 17.9 Å². The fraction of sp³-hybridized carbons (Fsp3) is 0.545. The highest BCUT2D eigenvalue weighted by Crippen LogP contribution is 2.00. The number of nitrogens with zero attached hydrogens (tertiary/aromatic N) is 4. The number of urea groups is 1. The Morgan fingerprint density at radius 3 is 2.67 bits per heavy atom. The number of carboxylic acid groups (broad SMARTS) is 1. The van der Waals surface area contributed by atoms with Crippen LogP contribution in [-0.2, 0) is 22.7 Å². The van der Waals surface area contributed by atoms with Crippen molar-refractivity contribution in [1.82, 2.24) is 25.2 Å². The Hall–Kier alpha value is -2.65. The number of carboxylic acids is 1. The van der Waals surface area contributed by atoms with Gasteiger partial charge in [-0.05, 0) is 13.8 Å². The van der Waals surface area contributed by atoms with Crippen molar-refractivity contribution in [3.63, 3.8) is 0 Å². The SMILES string of the molecule is CC(C)N(CC(N)=O)C(=O)NCc1cn(CC(=O)O)nn1. The normalized spacial score (nSPS) is 10.4. The Bertz CT molecular complexity index is 527. The van der Waals surface area contributed by atoms with E-state index in [9.17, 15) is 14.4 Å². The van der Waals surface area contributed by atoms with Crippen LogP contribution in [0.25, 0.3) is 0 Å². The highest BCUT2D eigenvalue weighted by Gasteiger charge is 2.18. The maximum absolute atomic E-state index is 11.9. The van der Waals surface area contributed by atoms with Gasteiger partial charge in [0.05, 0.1) is 12.7 Å². The van der Waals surface area contributed by atoms with Crippen LogP contribution in [0.1, 0.15) is 19.5 Å². The minimum absolute atomic E-state index is 0.0699.